The van der Waals surface area contributed by atoms with Crippen molar-refractivity contribution in [2.45, 2.75) is 19.4 Å². The molecule has 0 atom stereocenters. The van der Waals surface area contributed by atoms with Gasteiger partial charge in [0.2, 0.25) is 0 Å². The quantitative estimate of drug-likeness (QED) is 0.436. The molecule has 0 aromatic heterocycles. The smallest absolute Gasteiger partial charge is 0.111 e. The van der Waals surface area contributed by atoms with E-state index in [0.717, 1.165) is 0 Å². The summed E-state index contributed by atoms with van der Waals surface area (Å²) in [5.74, 6) is 0. The van der Waals surface area contributed by atoms with Crippen LogP contribution in [-0.2, 0) is 0 Å². The molecule has 2 nitrogen and oxygen atoms in total. The first kappa shape index (κ1) is 4.50. The fourth-order valence-corrected chi connectivity index (χ4v) is 0.373. The Morgan fingerprint density at radius 3 is 2.43 bits per heavy atom. The zero-order valence-corrected chi connectivity index (χ0v) is 4.47. The fourth-order valence-electron chi connectivity index (χ4n) is 0.373. The van der Waals surface area contributed by atoms with Crippen molar-refractivity contribution < 1.29 is 0 Å². The number of rotatable bonds is 0. The van der Waals surface area contributed by atoms with Crippen molar-refractivity contribution in [2.75, 3.05) is 0 Å². The lowest BCUT2D eigenvalue weighted by Gasteiger charge is -2.04. The highest BCUT2D eigenvalue weighted by molar-refractivity contribution is 4.99. The van der Waals surface area contributed by atoms with Crippen LogP contribution in [0.25, 0.3) is 0 Å². The van der Waals surface area contributed by atoms with Crippen molar-refractivity contribution in [3.63, 3.8) is 0 Å². The Kier molecular flexibility index (Phi) is 0.741. The molecule has 0 aromatic rings. The summed E-state index contributed by atoms with van der Waals surface area (Å²) in [6.45, 7) is 3.97. The van der Waals surface area contributed by atoms with Crippen molar-refractivity contribution in [3.05, 3.63) is 12.3 Å². The summed E-state index contributed by atoms with van der Waals surface area (Å²) in [6.07, 6.45) is 4.49. The normalized spacial score (nSPS) is 23.7. The van der Waals surface area contributed by atoms with Crippen LogP contribution in [0.1, 0.15) is 13.8 Å². The van der Waals surface area contributed by atoms with Crippen molar-refractivity contribution in [1.82, 2.24) is 0 Å². The summed E-state index contributed by atoms with van der Waals surface area (Å²) in [5, 5.41) is 7.38. The minimum Gasteiger partial charge on any atom is -0.178 e. The van der Waals surface area contributed by atoms with Crippen LogP contribution in [0.15, 0.2) is 16.3 Å². The van der Waals surface area contributed by atoms with E-state index in [4.69, 9.17) is 0 Å². The molecule has 0 fully saturated rings. The standard InChI is InChI=1S/C5H7N2/c1-5(2)3-4-6-7-5/h3H,1-2H3. The lowest BCUT2D eigenvalue weighted by Crippen LogP contribution is -2.07. The van der Waals surface area contributed by atoms with E-state index in [1.807, 2.05) is 19.9 Å². The Labute approximate surface area is 43.0 Å². The van der Waals surface area contributed by atoms with Crippen LogP contribution < -0.4 is 0 Å². The number of nitrogens with zero attached hydrogens (tertiary/aromatic N) is 2. The largest absolute Gasteiger partial charge is 0.178 e. The molecule has 0 unspecified atom stereocenters. The van der Waals surface area contributed by atoms with E-state index in [1.54, 1.807) is 0 Å². The average molecular weight is 95.1 g/mol. The minimum atomic E-state index is -0.0833. The summed E-state index contributed by atoms with van der Waals surface area (Å²) < 4.78 is 0. The molecule has 1 aliphatic heterocycles. The van der Waals surface area contributed by atoms with Gasteiger partial charge in [0, 0.05) is 0 Å². The van der Waals surface area contributed by atoms with Gasteiger partial charge >= 0.3 is 0 Å². The lowest BCUT2D eigenvalue weighted by molar-refractivity contribution is 0.644. The van der Waals surface area contributed by atoms with E-state index >= 15 is 0 Å². The van der Waals surface area contributed by atoms with E-state index in [1.165, 1.54) is 0 Å². The second-order valence-corrected chi connectivity index (χ2v) is 2.13. The Bertz CT molecular complexity index is 108. The lowest BCUT2D eigenvalue weighted by atomic mass is 10.1. The first-order valence-electron chi connectivity index (χ1n) is 2.22. The Hall–Kier alpha value is -0.660. The first-order valence-corrected chi connectivity index (χ1v) is 2.22. The van der Waals surface area contributed by atoms with E-state index in [-0.39, 0.29) is 5.54 Å². The third-order valence-electron chi connectivity index (χ3n) is 0.783. The monoisotopic (exact) mass is 95.1 g/mol. The van der Waals surface area contributed by atoms with Crippen LogP contribution in [0.2, 0.25) is 0 Å². The molecule has 1 heterocycles. The first-order chi connectivity index (χ1) is 3.21. The third-order valence-corrected chi connectivity index (χ3v) is 0.783. The highest BCUT2D eigenvalue weighted by Gasteiger charge is 2.14. The van der Waals surface area contributed by atoms with Gasteiger partial charge in [0.25, 0.3) is 0 Å². The van der Waals surface area contributed by atoms with Crippen molar-refractivity contribution >= 4 is 0 Å². The molecule has 2 heteroatoms. The van der Waals surface area contributed by atoms with Crippen LogP contribution in [0.3, 0.4) is 0 Å². The van der Waals surface area contributed by atoms with Crippen LogP contribution >= 0.6 is 0 Å². The highest BCUT2D eigenvalue weighted by Crippen LogP contribution is 2.15. The zero-order valence-electron chi connectivity index (χ0n) is 4.47. The Morgan fingerprint density at radius 1 is 1.57 bits per heavy atom. The number of hydrogen-bond donors (Lipinski definition) is 0. The second kappa shape index (κ2) is 1.15. The summed E-state index contributed by atoms with van der Waals surface area (Å²) in [7, 11) is 0. The molecule has 0 N–H and O–H groups in total. The van der Waals surface area contributed by atoms with E-state index < -0.39 is 0 Å². The van der Waals surface area contributed by atoms with Gasteiger partial charge in [-0.3, -0.25) is 0 Å². The Morgan fingerprint density at radius 2 is 2.29 bits per heavy atom. The third kappa shape index (κ3) is 0.856. The van der Waals surface area contributed by atoms with Crippen LogP contribution in [0.5, 0.6) is 0 Å². The summed E-state index contributed by atoms with van der Waals surface area (Å²) in [5.41, 5.74) is -0.0833. The fraction of sp³-hybridized carbons (Fsp3) is 0.600. The van der Waals surface area contributed by atoms with Crippen LogP contribution in [0, 0.1) is 6.20 Å². The van der Waals surface area contributed by atoms with Gasteiger partial charge in [0.15, 0.2) is 0 Å². The zero-order chi connectivity index (χ0) is 5.33. The number of hydrogen-bond acceptors (Lipinski definition) is 2. The molecule has 0 aliphatic carbocycles. The minimum absolute atomic E-state index is 0.0833. The van der Waals surface area contributed by atoms with E-state index in [0.29, 0.717) is 0 Å². The molecule has 0 amide bonds. The Balaban J connectivity index is 2.77. The molecule has 1 rings (SSSR count). The van der Waals surface area contributed by atoms with Crippen LogP contribution in [0.4, 0.5) is 0 Å². The topological polar surface area (TPSA) is 24.7 Å². The molecule has 7 heavy (non-hydrogen) atoms. The molecule has 0 saturated carbocycles. The maximum absolute atomic E-state index is 3.83. The molecule has 37 valence electrons. The van der Waals surface area contributed by atoms with Gasteiger partial charge in [-0.15, -0.1) is 0 Å². The summed E-state index contributed by atoms with van der Waals surface area (Å²) >= 11 is 0. The molecule has 0 bridgehead atoms. The van der Waals surface area contributed by atoms with Crippen molar-refractivity contribution in [2.24, 2.45) is 10.2 Å². The van der Waals surface area contributed by atoms with Gasteiger partial charge < -0.3 is 0 Å². The molecular weight excluding hydrogens is 88.1 g/mol. The predicted octanol–water partition coefficient (Wildman–Crippen LogP) is 1.55. The molecule has 0 aromatic carbocycles. The van der Waals surface area contributed by atoms with Gasteiger partial charge in [0.1, 0.15) is 6.20 Å². The molecule has 0 spiro atoms. The maximum atomic E-state index is 3.83. The highest BCUT2D eigenvalue weighted by atomic mass is 15.2. The second-order valence-electron chi connectivity index (χ2n) is 2.13. The molecule has 1 aliphatic rings. The van der Waals surface area contributed by atoms with Crippen molar-refractivity contribution in [1.29, 1.82) is 0 Å². The predicted molar refractivity (Wildman–Crippen MR) is 26.7 cm³/mol. The maximum Gasteiger partial charge on any atom is 0.111 e. The molecular formula is C5H7N2. The SMILES string of the molecule is CC1(C)C=[C]N=N1. The van der Waals surface area contributed by atoms with Gasteiger partial charge in [-0.05, 0) is 19.9 Å². The van der Waals surface area contributed by atoms with Gasteiger partial charge in [-0.25, -0.2) is 0 Å². The van der Waals surface area contributed by atoms with Gasteiger partial charge in [-0.1, -0.05) is 0 Å². The van der Waals surface area contributed by atoms with Gasteiger partial charge in [-0.2, -0.15) is 10.2 Å². The van der Waals surface area contributed by atoms with E-state index in [9.17, 15) is 0 Å². The van der Waals surface area contributed by atoms with Crippen LogP contribution in [-0.4, -0.2) is 5.54 Å². The van der Waals surface area contributed by atoms with Crippen molar-refractivity contribution in [3.8, 4) is 0 Å². The summed E-state index contributed by atoms with van der Waals surface area (Å²) in [6, 6.07) is 0. The average Bonchev–Trinajstić information content (AvgIpc) is 1.84. The molecule has 1 radical (unpaired) electrons. The van der Waals surface area contributed by atoms with Gasteiger partial charge in [0.05, 0.1) is 5.54 Å². The summed E-state index contributed by atoms with van der Waals surface area (Å²) in [4.78, 5) is 0. The van der Waals surface area contributed by atoms with E-state index in [2.05, 4.69) is 16.4 Å². The number of azo groups is 1. The molecule has 0 saturated heterocycles.